The number of hydrogen-bond donors (Lipinski definition) is 1. The van der Waals surface area contributed by atoms with Crippen molar-refractivity contribution in [3.05, 3.63) is 59.6 Å². The van der Waals surface area contributed by atoms with Gasteiger partial charge >= 0.3 is 0 Å². The van der Waals surface area contributed by atoms with E-state index in [1.807, 2.05) is 37.3 Å². The number of methoxy groups -OCH3 is 1. The highest BCUT2D eigenvalue weighted by atomic mass is 16.5. The molecule has 0 saturated carbocycles. The van der Waals surface area contributed by atoms with E-state index in [1.54, 1.807) is 25.5 Å². The fourth-order valence-electron chi connectivity index (χ4n) is 3.53. The smallest absolute Gasteiger partial charge is 0.244 e. The number of piperidine rings is 1. The lowest BCUT2D eigenvalue weighted by atomic mass is 10.1. The third-order valence-electron chi connectivity index (χ3n) is 4.97. The van der Waals surface area contributed by atoms with E-state index in [1.165, 1.54) is 19.3 Å². The number of benzene rings is 1. The minimum atomic E-state index is -0.118. The molecule has 1 atom stereocenters. The van der Waals surface area contributed by atoms with Gasteiger partial charge in [-0.25, -0.2) is 0 Å². The van der Waals surface area contributed by atoms with Crippen LogP contribution in [0.15, 0.2) is 47.1 Å². The molecule has 1 aromatic carbocycles. The topological polar surface area (TPSA) is 54.7 Å². The summed E-state index contributed by atoms with van der Waals surface area (Å²) < 4.78 is 11.0. The summed E-state index contributed by atoms with van der Waals surface area (Å²) in [6, 6.07) is 9.86. The number of furan rings is 1. The predicted octanol–water partition coefficient (Wildman–Crippen LogP) is 3.95. The molecule has 5 heteroatoms. The summed E-state index contributed by atoms with van der Waals surface area (Å²) in [4.78, 5) is 14.8. The summed E-state index contributed by atoms with van der Waals surface area (Å²) in [6.45, 7) is 4.63. The van der Waals surface area contributed by atoms with Gasteiger partial charge in [0, 0.05) is 18.2 Å². The maximum absolute atomic E-state index is 12.4. The molecule has 3 rings (SSSR count). The average molecular weight is 368 g/mol. The van der Waals surface area contributed by atoms with Crippen molar-refractivity contribution in [3.63, 3.8) is 0 Å². The average Bonchev–Trinajstić information content (AvgIpc) is 3.22. The van der Waals surface area contributed by atoms with Gasteiger partial charge in [0.2, 0.25) is 5.91 Å². The van der Waals surface area contributed by atoms with Gasteiger partial charge in [-0.3, -0.25) is 9.69 Å². The van der Waals surface area contributed by atoms with Gasteiger partial charge in [-0.15, -0.1) is 0 Å². The minimum Gasteiger partial charge on any atom is -0.496 e. The number of rotatable bonds is 7. The number of ether oxygens (including phenoxy) is 1. The highest BCUT2D eigenvalue weighted by molar-refractivity contribution is 5.92. The van der Waals surface area contributed by atoms with Gasteiger partial charge in [-0.2, -0.15) is 0 Å². The van der Waals surface area contributed by atoms with Crippen molar-refractivity contribution in [2.45, 2.75) is 32.2 Å². The van der Waals surface area contributed by atoms with Crippen LogP contribution in [0.1, 0.15) is 42.2 Å². The molecule has 5 nitrogen and oxygen atoms in total. The SMILES string of the molecule is COc1ccc(C)cc1/C=C/C(=O)NCC(c1ccco1)N1CCCCC1. The fraction of sp³-hybridized carbons (Fsp3) is 0.409. The number of hydrogen-bond acceptors (Lipinski definition) is 4. The van der Waals surface area contributed by atoms with Gasteiger partial charge in [0.1, 0.15) is 11.5 Å². The molecule has 2 heterocycles. The Hall–Kier alpha value is -2.53. The monoisotopic (exact) mass is 368 g/mol. The number of carbonyl (C=O) groups excluding carboxylic acids is 1. The predicted molar refractivity (Wildman–Crippen MR) is 107 cm³/mol. The van der Waals surface area contributed by atoms with Crippen molar-refractivity contribution >= 4 is 12.0 Å². The maximum atomic E-state index is 12.4. The van der Waals surface area contributed by atoms with Crippen molar-refractivity contribution in [3.8, 4) is 5.75 Å². The molecular weight excluding hydrogens is 340 g/mol. The zero-order valence-electron chi connectivity index (χ0n) is 16.1. The summed E-state index contributed by atoms with van der Waals surface area (Å²) >= 11 is 0. The zero-order chi connectivity index (χ0) is 19.1. The molecule has 0 bridgehead atoms. The highest BCUT2D eigenvalue weighted by Gasteiger charge is 2.24. The highest BCUT2D eigenvalue weighted by Crippen LogP contribution is 2.24. The molecule has 0 radical (unpaired) electrons. The second-order valence-corrected chi connectivity index (χ2v) is 6.95. The van der Waals surface area contributed by atoms with Crippen LogP contribution in [0.3, 0.4) is 0 Å². The first-order chi connectivity index (χ1) is 13.2. The number of carbonyl (C=O) groups is 1. The van der Waals surface area contributed by atoms with E-state index in [-0.39, 0.29) is 11.9 Å². The molecule has 1 fully saturated rings. The van der Waals surface area contributed by atoms with Crippen LogP contribution in [0.2, 0.25) is 0 Å². The van der Waals surface area contributed by atoms with E-state index < -0.39 is 0 Å². The third kappa shape index (κ3) is 5.23. The Kier molecular flexibility index (Phi) is 6.71. The Labute approximate surface area is 161 Å². The molecular formula is C22H28N2O3. The van der Waals surface area contributed by atoms with E-state index in [9.17, 15) is 4.79 Å². The quantitative estimate of drug-likeness (QED) is 0.752. The Morgan fingerprint density at radius 1 is 1.30 bits per heavy atom. The Morgan fingerprint density at radius 3 is 2.81 bits per heavy atom. The van der Waals surface area contributed by atoms with Gasteiger partial charge in [0.25, 0.3) is 0 Å². The van der Waals surface area contributed by atoms with Crippen LogP contribution >= 0.6 is 0 Å². The van der Waals surface area contributed by atoms with Gasteiger partial charge in [-0.05, 0) is 63.2 Å². The number of amides is 1. The summed E-state index contributed by atoms with van der Waals surface area (Å²) in [5.74, 6) is 1.54. The van der Waals surface area contributed by atoms with E-state index in [2.05, 4.69) is 10.2 Å². The van der Waals surface area contributed by atoms with Crippen LogP contribution in [-0.2, 0) is 4.79 Å². The molecule has 1 N–H and O–H groups in total. The van der Waals surface area contributed by atoms with E-state index in [0.717, 1.165) is 35.7 Å². The zero-order valence-corrected chi connectivity index (χ0v) is 16.1. The number of aryl methyl sites for hydroxylation is 1. The van der Waals surface area contributed by atoms with Crippen molar-refractivity contribution in [1.29, 1.82) is 0 Å². The molecule has 1 aliphatic heterocycles. The number of nitrogens with zero attached hydrogens (tertiary/aromatic N) is 1. The molecule has 144 valence electrons. The lowest BCUT2D eigenvalue weighted by molar-refractivity contribution is -0.116. The second kappa shape index (κ2) is 9.42. The summed E-state index contributed by atoms with van der Waals surface area (Å²) in [7, 11) is 1.63. The van der Waals surface area contributed by atoms with Gasteiger partial charge < -0.3 is 14.5 Å². The van der Waals surface area contributed by atoms with Gasteiger partial charge in [-0.1, -0.05) is 18.1 Å². The largest absolute Gasteiger partial charge is 0.496 e. The number of likely N-dealkylation sites (tertiary alicyclic amines) is 1. The van der Waals surface area contributed by atoms with Crippen LogP contribution in [0.5, 0.6) is 5.75 Å². The van der Waals surface area contributed by atoms with E-state index >= 15 is 0 Å². The third-order valence-corrected chi connectivity index (χ3v) is 4.97. The Balaban J connectivity index is 1.63. The van der Waals surface area contributed by atoms with Crippen LogP contribution in [0.4, 0.5) is 0 Å². The molecule has 27 heavy (non-hydrogen) atoms. The Morgan fingerprint density at radius 2 is 2.11 bits per heavy atom. The van der Waals surface area contributed by atoms with Crippen LogP contribution in [0.25, 0.3) is 6.08 Å². The minimum absolute atomic E-state index is 0.0751. The second-order valence-electron chi connectivity index (χ2n) is 6.95. The molecule has 1 unspecified atom stereocenters. The summed E-state index contributed by atoms with van der Waals surface area (Å²) in [6.07, 6.45) is 8.71. The maximum Gasteiger partial charge on any atom is 0.244 e. The molecule has 0 spiro atoms. The first kappa shape index (κ1) is 19.2. The van der Waals surface area contributed by atoms with Crippen LogP contribution in [0, 0.1) is 6.92 Å². The normalized spacial score (nSPS) is 16.4. The van der Waals surface area contributed by atoms with Crippen molar-refractivity contribution in [1.82, 2.24) is 10.2 Å². The van der Waals surface area contributed by atoms with Crippen molar-refractivity contribution in [2.24, 2.45) is 0 Å². The summed E-state index contributed by atoms with van der Waals surface area (Å²) in [5.41, 5.74) is 2.02. The van der Waals surface area contributed by atoms with E-state index in [0.29, 0.717) is 6.54 Å². The fourth-order valence-corrected chi connectivity index (χ4v) is 3.53. The lowest BCUT2D eigenvalue weighted by Gasteiger charge is -2.33. The Bertz CT molecular complexity index is 762. The van der Waals surface area contributed by atoms with E-state index in [4.69, 9.17) is 9.15 Å². The first-order valence-corrected chi connectivity index (χ1v) is 9.55. The van der Waals surface area contributed by atoms with Gasteiger partial charge in [0.05, 0.1) is 19.4 Å². The van der Waals surface area contributed by atoms with Crippen molar-refractivity contribution in [2.75, 3.05) is 26.7 Å². The molecule has 1 aliphatic rings. The van der Waals surface area contributed by atoms with Crippen LogP contribution < -0.4 is 10.1 Å². The standard InChI is InChI=1S/C22H28N2O3/c1-17-8-10-20(26-2)18(15-17)9-11-22(25)23-16-19(21-7-6-14-27-21)24-12-4-3-5-13-24/h6-11,14-15,19H,3-5,12-13,16H2,1-2H3,(H,23,25)/b11-9+. The molecule has 2 aromatic rings. The lowest BCUT2D eigenvalue weighted by Crippen LogP contribution is -2.40. The van der Waals surface area contributed by atoms with Crippen molar-refractivity contribution < 1.29 is 13.9 Å². The molecule has 1 aromatic heterocycles. The first-order valence-electron chi connectivity index (χ1n) is 9.55. The van der Waals surface area contributed by atoms with Gasteiger partial charge in [0.15, 0.2) is 0 Å². The number of nitrogens with one attached hydrogen (secondary N) is 1. The molecule has 1 saturated heterocycles. The van der Waals surface area contributed by atoms with Crippen LogP contribution in [-0.4, -0.2) is 37.6 Å². The summed E-state index contributed by atoms with van der Waals surface area (Å²) in [5, 5.41) is 3.02. The molecule has 1 amide bonds. The molecule has 0 aliphatic carbocycles.